The van der Waals surface area contributed by atoms with Crippen LogP contribution in [0.25, 0.3) is 0 Å². The molecule has 5 heteroatoms. The Morgan fingerprint density at radius 3 is 2.65 bits per heavy atom. The van der Waals surface area contributed by atoms with Gasteiger partial charge in [-0.25, -0.2) is 0 Å². The predicted molar refractivity (Wildman–Crippen MR) is 63.9 cm³/mol. The summed E-state index contributed by atoms with van der Waals surface area (Å²) in [7, 11) is 3.19. The topological polar surface area (TPSA) is 56.8 Å². The number of carbonyl (C=O) groups excluding carboxylic acids is 1. The van der Waals surface area contributed by atoms with E-state index in [0.717, 1.165) is 39.1 Å². The third-order valence-corrected chi connectivity index (χ3v) is 3.22. The van der Waals surface area contributed by atoms with Gasteiger partial charge in [0.05, 0.1) is 20.3 Å². The molecule has 0 amide bonds. The third kappa shape index (κ3) is 4.26. The van der Waals surface area contributed by atoms with Crippen LogP contribution in [-0.2, 0) is 19.0 Å². The second kappa shape index (κ2) is 6.93. The summed E-state index contributed by atoms with van der Waals surface area (Å²) in [5.74, 6) is -0.215. The minimum Gasteiger partial charge on any atom is -0.468 e. The Bertz CT molecular complexity index is 243. The van der Waals surface area contributed by atoms with Crippen molar-refractivity contribution < 1.29 is 19.0 Å². The van der Waals surface area contributed by atoms with E-state index in [4.69, 9.17) is 14.2 Å². The summed E-state index contributed by atoms with van der Waals surface area (Å²) in [6.07, 6.45) is 2.91. The van der Waals surface area contributed by atoms with Gasteiger partial charge in [-0.15, -0.1) is 0 Å². The van der Waals surface area contributed by atoms with Crippen molar-refractivity contribution in [3.05, 3.63) is 0 Å². The van der Waals surface area contributed by atoms with Gasteiger partial charge in [0, 0.05) is 6.61 Å². The summed E-state index contributed by atoms with van der Waals surface area (Å²) in [6.45, 7) is 4.03. The second-order valence-corrected chi connectivity index (χ2v) is 4.56. The fourth-order valence-corrected chi connectivity index (χ4v) is 1.70. The van der Waals surface area contributed by atoms with E-state index >= 15 is 0 Å². The monoisotopic (exact) mass is 245 g/mol. The Morgan fingerprint density at radius 2 is 2.18 bits per heavy atom. The summed E-state index contributed by atoms with van der Waals surface area (Å²) < 4.78 is 15.3. The highest BCUT2D eigenvalue weighted by molar-refractivity contribution is 5.80. The van der Waals surface area contributed by atoms with Gasteiger partial charge in [0.1, 0.15) is 11.6 Å². The predicted octanol–water partition coefficient (Wildman–Crippen LogP) is 0.723. The Hall–Kier alpha value is -0.650. The maximum atomic E-state index is 11.6. The maximum absolute atomic E-state index is 11.6. The summed E-state index contributed by atoms with van der Waals surface area (Å²) >= 11 is 0. The van der Waals surface area contributed by atoms with E-state index in [2.05, 4.69) is 5.32 Å². The SMILES string of the molecule is CNC(C)(CCCCOC1COC1)C(=O)OC. The van der Waals surface area contributed by atoms with Crippen molar-refractivity contribution >= 4 is 5.97 Å². The molecule has 1 aliphatic rings. The molecule has 0 aromatic heterocycles. The molecule has 1 unspecified atom stereocenters. The summed E-state index contributed by atoms with van der Waals surface area (Å²) in [5, 5.41) is 3.02. The lowest BCUT2D eigenvalue weighted by molar-refractivity contribution is -0.148. The molecule has 1 rings (SSSR count). The van der Waals surface area contributed by atoms with Crippen molar-refractivity contribution in [2.24, 2.45) is 0 Å². The van der Waals surface area contributed by atoms with E-state index in [1.54, 1.807) is 7.05 Å². The van der Waals surface area contributed by atoms with Crippen molar-refractivity contribution in [1.82, 2.24) is 5.32 Å². The number of esters is 1. The minimum absolute atomic E-state index is 0.215. The molecular weight excluding hydrogens is 222 g/mol. The van der Waals surface area contributed by atoms with Crippen LogP contribution in [-0.4, -0.2) is 51.6 Å². The molecule has 0 saturated carbocycles. The molecule has 1 aliphatic heterocycles. The molecule has 0 aliphatic carbocycles. The van der Waals surface area contributed by atoms with Crippen molar-refractivity contribution in [2.45, 2.75) is 37.8 Å². The van der Waals surface area contributed by atoms with E-state index in [1.807, 2.05) is 6.92 Å². The first-order chi connectivity index (χ1) is 8.12. The zero-order valence-corrected chi connectivity index (χ0v) is 11.0. The number of rotatable bonds is 8. The van der Waals surface area contributed by atoms with Gasteiger partial charge in [0.15, 0.2) is 0 Å². The molecule has 17 heavy (non-hydrogen) atoms. The lowest BCUT2D eigenvalue weighted by Crippen LogP contribution is -2.48. The van der Waals surface area contributed by atoms with Gasteiger partial charge in [-0.05, 0) is 33.2 Å². The molecule has 100 valence electrons. The first kappa shape index (κ1) is 14.4. The van der Waals surface area contributed by atoms with Crippen LogP contribution in [0.1, 0.15) is 26.2 Å². The normalized spacial score (nSPS) is 19.5. The van der Waals surface area contributed by atoms with Crippen molar-refractivity contribution in [3.63, 3.8) is 0 Å². The van der Waals surface area contributed by atoms with Crippen LogP contribution in [0.4, 0.5) is 0 Å². The van der Waals surface area contributed by atoms with Gasteiger partial charge in [-0.3, -0.25) is 4.79 Å². The second-order valence-electron chi connectivity index (χ2n) is 4.56. The van der Waals surface area contributed by atoms with Crippen LogP contribution < -0.4 is 5.32 Å². The Kier molecular flexibility index (Phi) is 5.88. The van der Waals surface area contributed by atoms with Crippen LogP contribution in [0.3, 0.4) is 0 Å². The molecule has 1 fully saturated rings. The Balaban J connectivity index is 2.11. The van der Waals surface area contributed by atoms with E-state index in [0.29, 0.717) is 0 Å². The molecular formula is C12H23NO4. The van der Waals surface area contributed by atoms with E-state index in [-0.39, 0.29) is 12.1 Å². The van der Waals surface area contributed by atoms with Crippen LogP contribution >= 0.6 is 0 Å². The Morgan fingerprint density at radius 1 is 1.47 bits per heavy atom. The lowest BCUT2D eigenvalue weighted by Gasteiger charge is -2.27. The zero-order chi connectivity index (χ0) is 12.7. The third-order valence-electron chi connectivity index (χ3n) is 3.22. The average molecular weight is 245 g/mol. The van der Waals surface area contributed by atoms with Crippen molar-refractivity contribution in [1.29, 1.82) is 0 Å². The number of carbonyl (C=O) groups is 1. The summed E-state index contributed by atoms with van der Waals surface area (Å²) in [5.41, 5.74) is -0.589. The minimum atomic E-state index is -0.589. The molecule has 0 aromatic carbocycles. The zero-order valence-electron chi connectivity index (χ0n) is 11.0. The molecule has 1 atom stereocenters. The number of unbranched alkanes of at least 4 members (excludes halogenated alkanes) is 1. The molecule has 1 N–H and O–H groups in total. The smallest absolute Gasteiger partial charge is 0.325 e. The molecule has 0 bridgehead atoms. The van der Waals surface area contributed by atoms with Crippen LogP contribution in [0.15, 0.2) is 0 Å². The molecule has 0 spiro atoms. The first-order valence-electron chi connectivity index (χ1n) is 6.09. The highest BCUT2D eigenvalue weighted by Crippen LogP contribution is 2.15. The molecule has 0 aromatic rings. The fraction of sp³-hybridized carbons (Fsp3) is 0.917. The van der Waals surface area contributed by atoms with Crippen LogP contribution in [0, 0.1) is 0 Å². The number of ether oxygens (including phenoxy) is 3. The number of methoxy groups -OCH3 is 1. The summed E-state index contributed by atoms with van der Waals surface area (Å²) in [6, 6.07) is 0. The standard InChI is InChI=1S/C12H23NO4/c1-12(13-2,11(14)15-3)6-4-5-7-17-10-8-16-9-10/h10,13H,4-9H2,1-3H3. The largest absolute Gasteiger partial charge is 0.468 e. The molecule has 1 saturated heterocycles. The first-order valence-corrected chi connectivity index (χ1v) is 6.09. The van der Waals surface area contributed by atoms with Gasteiger partial charge < -0.3 is 19.5 Å². The van der Waals surface area contributed by atoms with Crippen molar-refractivity contribution in [3.8, 4) is 0 Å². The van der Waals surface area contributed by atoms with Gasteiger partial charge in [0.2, 0.25) is 0 Å². The molecule has 5 nitrogen and oxygen atoms in total. The van der Waals surface area contributed by atoms with Crippen molar-refractivity contribution in [2.75, 3.05) is 34.0 Å². The highest BCUT2D eigenvalue weighted by Gasteiger charge is 2.31. The number of likely N-dealkylation sites (N-methyl/N-ethyl adjacent to an activating group) is 1. The lowest BCUT2D eigenvalue weighted by atomic mass is 9.95. The molecule has 0 radical (unpaired) electrons. The van der Waals surface area contributed by atoms with Gasteiger partial charge in [-0.2, -0.15) is 0 Å². The van der Waals surface area contributed by atoms with E-state index < -0.39 is 5.54 Å². The number of hydrogen-bond acceptors (Lipinski definition) is 5. The van der Waals surface area contributed by atoms with Gasteiger partial charge in [-0.1, -0.05) is 0 Å². The molecule has 1 heterocycles. The van der Waals surface area contributed by atoms with Gasteiger partial charge in [0.25, 0.3) is 0 Å². The number of hydrogen-bond donors (Lipinski definition) is 1. The Labute approximate surface area is 103 Å². The van der Waals surface area contributed by atoms with E-state index in [1.165, 1.54) is 7.11 Å². The average Bonchev–Trinajstić information content (AvgIpc) is 2.29. The highest BCUT2D eigenvalue weighted by atomic mass is 16.6. The van der Waals surface area contributed by atoms with E-state index in [9.17, 15) is 4.79 Å². The van der Waals surface area contributed by atoms with Crippen LogP contribution in [0.2, 0.25) is 0 Å². The summed E-state index contributed by atoms with van der Waals surface area (Å²) in [4.78, 5) is 11.6. The maximum Gasteiger partial charge on any atom is 0.325 e. The number of nitrogens with one attached hydrogen (secondary N) is 1. The fourth-order valence-electron chi connectivity index (χ4n) is 1.70. The quantitative estimate of drug-likeness (QED) is 0.504. The van der Waals surface area contributed by atoms with Gasteiger partial charge >= 0.3 is 5.97 Å². The van der Waals surface area contributed by atoms with Crippen LogP contribution in [0.5, 0.6) is 0 Å².